The number of tetrazole rings is 1. The third kappa shape index (κ3) is 4.41. The Morgan fingerprint density at radius 2 is 2.00 bits per heavy atom. The second kappa shape index (κ2) is 7.57. The monoisotopic (exact) mass is 335 g/mol. The van der Waals surface area contributed by atoms with Crippen LogP contribution in [0.2, 0.25) is 0 Å². The molecule has 3 rings (SSSR count). The molecule has 7 nitrogen and oxygen atoms in total. The lowest BCUT2D eigenvalue weighted by Crippen LogP contribution is -2.11. The quantitative estimate of drug-likeness (QED) is 0.485. The number of carbonyl (C=O) groups is 2. The summed E-state index contributed by atoms with van der Waals surface area (Å²) in [5.74, 6) is -0.486. The molecule has 0 aliphatic carbocycles. The Hall–Kier alpha value is -3.22. The number of aromatic nitrogens is 5. The highest BCUT2D eigenvalue weighted by Crippen LogP contribution is 2.12. The van der Waals surface area contributed by atoms with Crippen molar-refractivity contribution in [2.24, 2.45) is 0 Å². The number of benzene rings is 1. The zero-order valence-electron chi connectivity index (χ0n) is 13.8. The van der Waals surface area contributed by atoms with E-state index < -0.39 is 0 Å². The number of carbonyl (C=O) groups excluding carboxylic acids is 2. The fraction of sp³-hybridized carbons (Fsp3) is 0.222. The molecule has 0 bridgehead atoms. The molecule has 1 aromatic carbocycles. The summed E-state index contributed by atoms with van der Waals surface area (Å²) in [6, 6.07) is 10.8. The van der Waals surface area contributed by atoms with Crippen molar-refractivity contribution in [1.82, 2.24) is 25.2 Å². The molecule has 0 amide bonds. The van der Waals surface area contributed by atoms with Crippen LogP contribution in [0.5, 0.6) is 0 Å². The van der Waals surface area contributed by atoms with Crippen LogP contribution in [0.3, 0.4) is 0 Å². The van der Waals surface area contributed by atoms with E-state index in [0.717, 1.165) is 11.1 Å². The summed E-state index contributed by atoms with van der Waals surface area (Å²) in [4.78, 5) is 30.2. The van der Waals surface area contributed by atoms with Gasteiger partial charge < -0.3 is 0 Å². The molecule has 0 saturated carbocycles. The fourth-order valence-corrected chi connectivity index (χ4v) is 2.45. The van der Waals surface area contributed by atoms with Gasteiger partial charge in [-0.15, -0.1) is 10.2 Å². The standard InChI is InChI=1S/C18H17N5O2/c1-13-5-7-19-16(9-13)18(25)11-17(24)15-4-2-3-14(10-15)6-8-23-21-12-20-22-23/h2-5,7,9-10,12H,6,8,11H2,1H3. The van der Waals surface area contributed by atoms with Gasteiger partial charge in [0.25, 0.3) is 0 Å². The van der Waals surface area contributed by atoms with E-state index in [2.05, 4.69) is 20.4 Å². The number of nitrogens with zero attached hydrogens (tertiary/aromatic N) is 5. The van der Waals surface area contributed by atoms with Gasteiger partial charge in [0.1, 0.15) is 5.69 Å². The second-order valence-corrected chi connectivity index (χ2v) is 5.72. The lowest BCUT2D eigenvalue weighted by Gasteiger charge is -2.05. The summed E-state index contributed by atoms with van der Waals surface area (Å²) in [7, 11) is 0. The molecule has 0 aliphatic heterocycles. The molecule has 0 aliphatic rings. The summed E-state index contributed by atoms with van der Waals surface area (Å²) >= 11 is 0. The zero-order chi connectivity index (χ0) is 17.6. The topological polar surface area (TPSA) is 90.6 Å². The third-order valence-corrected chi connectivity index (χ3v) is 3.76. The lowest BCUT2D eigenvalue weighted by atomic mass is 10.0. The maximum Gasteiger partial charge on any atom is 0.188 e. The predicted octanol–water partition coefficient (Wildman–Crippen LogP) is 2.07. The summed E-state index contributed by atoms with van der Waals surface area (Å²) in [6.07, 6.45) is 3.44. The van der Waals surface area contributed by atoms with Gasteiger partial charge in [-0.05, 0) is 47.9 Å². The van der Waals surface area contributed by atoms with Gasteiger partial charge in [0.2, 0.25) is 0 Å². The van der Waals surface area contributed by atoms with Gasteiger partial charge in [0.15, 0.2) is 17.9 Å². The number of ketones is 2. The van der Waals surface area contributed by atoms with E-state index in [-0.39, 0.29) is 18.0 Å². The maximum atomic E-state index is 12.4. The van der Waals surface area contributed by atoms with Gasteiger partial charge in [-0.25, -0.2) is 0 Å². The molecule has 0 spiro atoms. The minimum Gasteiger partial charge on any atom is -0.294 e. The van der Waals surface area contributed by atoms with E-state index in [9.17, 15) is 9.59 Å². The van der Waals surface area contributed by atoms with Crippen LogP contribution in [-0.2, 0) is 13.0 Å². The summed E-state index contributed by atoms with van der Waals surface area (Å²) in [6.45, 7) is 2.46. The average Bonchev–Trinajstić information content (AvgIpc) is 3.14. The second-order valence-electron chi connectivity index (χ2n) is 5.72. The maximum absolute atomic E-state index is 12.4. The number of rotatable bonds is 7. The normalized spacial score (nSPS) is 10.6. The van der Waals surface area contributed by atoms with E-state index in [1.54, 1.807) is 24.4 Å². The van der Waals surface area contributed by atoms with Gasteiger partial charge in [-0.3, -0.25) is 14.6 Å². The first kappa shape index (κ1) is 16.6. The first-order chi connectivity index (χ1) is 12.1. The molecule has 7 heteroatoms. The number of hydrogen-bond donors (Lipinski definition) is 0. The van der Waals surface area contributed by atoms with Crippen molar-refractivity contribution < 1.29 is 9.59 Å². The molecule has 0 saturated heterocycles. The van der Waals surface area contributed by atoms with Crippen molar-refractivity contribution in [2.45, 2.75) is 26.3 Å². The Labute approximate surface area is 144 Å². The molecule has 0 atom stereocenters. The van der Waals surface area contributed by atoms with E-state index >= 15 is 0 Å². The van der Waals surface area contributed by atoms with Crippen LogP contribution in [0, 0.1) is 6.92 Å². The highest BCUT2D eigenvalue weighted by Gasteiger charge is 2.15. The summed E-state index contributed by atoms with van der Waals surface area (Å²) in [5.41, 5.74) is 2.76. The molecular weight excluding hydrogens is 318 g/mol. The molecule has 0 radical (unpaired) electrons. The van der Waals surface area contributed by atoms with Crippen molar-refractivity contribution in [3.63, 3.8) is 0 Å². The molecule has 3 aromatic rings. The van der Waals surface area contributed by atoms with Crippen molar-refractivity contribution in [3.8, 4) is 0 Å². The Morgan fingerprint density at radius 1 is 1.12 bits per heavy atom. The van der Waals surface area contributed by atoms with Crippen LogP contribution in [-0.4, -0.2) is 36.8 Å². The summed E-state index contributed by atoms with van der Waals surface area (Å²) in [5, 5.41) is 11.4. The average molecular weight is 335 g/mol. The summed E-state index contributed by atoms with van der Waals surface area (Å²) < 4.78 is 0. The van der Waals surface area contributed by atoms with Gasteiger partial charge in [-0.2, -0.15) is 4.80 Å². The van der Waals surface area contributed by atoms with Crippen molar-refractivity contribution in [3.05, 3.63) is 71.3 Å². The number of aryl methyl sites for hydroxylation is 3. The van der Waals surface area contributed by atoms with Crippen molar-refractivity contribution in [1.29, 1.82) is 0 Å². The number of hydrogen-bond acceptors (Lipinski definition) is 6. The van der Waals surface area contributed by atoms with E-state index in [1.807, 2.05) is 25.1 Å². The van der Waals surface area contributed by atoms with Crippen LogP contribution in [0.25, 0.3) is 0 Å². The molecule has 0 N–H and O–H groups in total. The Balaban J connectivity index is 1.65. The molecule has 2 aromatic heterocycles. The first-order valence-corrected chi connectivity index (χ1v) is 7.90. The Morgan fingerprint density at radius 3 is 2.76 bits per heavy atom. The Kier molecular flexibility index (Phi) is 5.03. The van der Waals surface area contributed by atoms with Crippen LogP contribution in [0.15, 0.2) is 48.9 Å². The van der Waals surface area contributed by atoms with Gasteiger partial charge in [0, 0.05) is 11.8 Å². The Bertz CT molecular complexity index is 890. The van der Waals surface area contributed by atoms with Crippen LogP contribution >= 0.6 is 0 Å². The van der Waals surface area contributed by atoms with Crippen LogP contribution in [0.1, 0.15) is 38.4 Å². The highest BCUT2D eigenvalue weighted by atomic mass is 16.1. The first-order valence-electron chi connectivity index (χ1n) is 7.90. The minimum atomic E-state index is -0.272. The number of Topliss-reactive ketones (excluding diaryl/α,β-unsaturated/α-hetero) is 2. The van der Waals surface area contributed by atoms with E-state index in [1.165, 1.54) is 11.1 Å². The molecule has 0 unspecified atom stereocenters. The lowest BCUT2D eigenvalue weighted by molar-refractivity contribution is 0.0891. The molecular formula is C18H17N5O2. The SMILES string of the molecule is Cc1ccnc(C(=O)CC(=O)c2cccc(CCn3ncnn3)c2)c1. The molecule has 0 fully saturated rings. The third-order valence-electron chi connectivity index (χ3n) is 3.76. The molecule has 126 valence electrons. The molecule has 25 heavy (non-hydrogen) atoms. The highest BCUT2D eigenvalue weighted by molar-refractivity contribution is 6.12. The van der Waals surface area contributed by atoms with Crippen LogP contribution < -0.4 is 0 Å². The van der Waals surface area contributed by atoms with Gasteiger partial charge in [0.05, 0.1) is 13.0 Å². The molecule has 2 heterocycles. The largest absolute Gasteiger partial charge is 0.294 e. The van der Waals surface area contributed by atoms with Crippen molar-refractivity contribution in [2.75, 3.05) is 0 Å². The van der Waals surface area contributed by atoms with E-state index in [4.69, 9.17) is 0 Å². The van der Waals surface area contributed by atoms with E-state index in [0.29, 0.717) is 24.2 Å². The van der Waals surface area contributed by atoms with Crippen molar-refractivity contribution >= 4 is 11.6 Å². The van der Waals surface area contributed by atoms with Crippen LogP contribution in [0.4, 0.5) is 0 Å². The van der Waals surface area contributed by atoms with Gasteiger partial charge in [-0.1, -0.05) is 18.2 Å². The predicted molar refractivity (Wildman–Crippen MR) is 90.2 cm³/mol. The minimum absolute atomic E-state index is 0.190. The number of pyridine rings is 1. The smallest absolute Gasteiger partial charge is 0.188 e. The van der Waals surface area contributed by atoms with Gasteiger partial charge >= 0.3 is 0 Å². The zero-order valence-corrected chi connectivity index (χ0v) is 13.8. The fourth-order valence-electron chi connectivity index (χ4n) is 2.45.